The normalized spacial score (nSPS) is 20.0. The summed E-state index contributed by atoms with van der Waals surface area (Å²) in [6.07, 6.45) is 7.05. The number of fused-ring (bicyclic) bond motifs is 1. The predicted octanol–water partition coefficient (Wildman–Crippen LogP) is 4.24. The van der Waals surface area contributed by atoms with Crippen LogP contribution >= 0.6 is 0 Å². The van der Waals surface area contributed by atoms with Crippen molar-refractivity contribution in [1.82, 2.24) is 20.1 Å². The standard InChI is InChI=1S/C27H34N4O5S/c1-17-25-21(27(32)28-19-8-6-4-5-7-9-19)15-22(18-10-11-23(35-2)24(14-18)36-3)29-26(25)31(30-17)20-12-13-37(33,34)16-20/h10-11,14-15,19-20H,4-9,12-13,16H2,1-3H3,(H,28,32). The molecule has 37 heavy (non-hydrogen) atoms. The van der Waals surface area contributed by atoms with Crippen LogP contribution in [0.4, 0.5) is 0 Å². The summed E-state index contributed by atoms with van der Waals surface area (Å²) in [4.78, 5) is 18.6. The van der Waals surface area contributed by atoms with Crippen molar-refractivity contribution >= 4 is 26.8 Å². The maximum atomic E-state index is 13.7. The summed E-state index contributed by atoms with van der Waals surface area (Å²) >= 11 is 0. The molecule has 1 aliphatic heterocycles. The smallest absolute Gasteiger partial charge is 0.252 e. The zero-order chi connectivity index (χ0) is 26.2. The maximum absolute atomic E-state index is 13.7. The summed E-state index contributed by atoms with van der Waals surface area (Å²) in [5.74, 6) is 1.15. The van der Waals surface area contributed by atoms with E-state index < -0.39 is 9.84 Å². The van der Waals surface area contributed by atoms with Crippen LogP contribution in [0.2, 0.25) is 0 Å². The Kier molecular flexibility index (Phi) is 7.11. The number of amides is 1. The second-order valence-corrected chi connectivity index (χ2v) is 12.3. The fraction of sp³-hybridized carbons (Fsp3) is 0.519. The van der Waals surface area contributed by atoms with E-state index in [1.54, 1.807) is 31.0 Å². The Bertz CT molecular complexity index is 1420. The van der Waals surface area contributed by atoms with Gasteiger partial charge in [0.1, 0.15) is 0 Å². The second kappa shape index (κ2) is 10.3. The molecule has 0 bridgehead atoms. The predicted molar refractivity (Wildman–Crippen MR) is 142 cm³/mol. The van der Waals surface area contributed by atoms with Crippen LogP contribution in [-0.4, -0.2) is 60.9 Å². The Hall–Kier alpha value is -3.14. The molecule has 10 heteroatoms. The number of aromatic nitrogens is 3. The fourth-order valence-electron chi connectivity index (χ4n) is 5.55. The number of methoxy groups -OCH3 is 2. The summed E-state index contributed by atoms with van der Waals surface area (Å²) in [6.45, 7) is 1.85. The molecule has 1 aromatic carbocycles. The maximum Gasteiger partial charge on any atom is 0.252 e. The third kappa shape index (κ3) is 5.16. The molecule has 0 spiro atoms. The number of hydrogen-bond donors (Lipinski definition) is 1. The molecule has 0 radical (unpaired) electrons. The zero-order valence-electron chi connectivity index (χ0n) is 21.6. The first-order valence-electron chi connectivity index (χ1n) is 12.9. The van der Waals surface area contributed by atoms with Gasteiger partial charge in [-0.05, 0) is 50.5 Å². The molecular weight excluding hydrogens is 492 g/mol. The van der Waals surface area contributed by atoms with Crippen molar-refractivity contribution < 1.29 is 22.7 Å². The molecule has 2 fully saturated rings. The Morgan fingerprint density at radius 2 is 1.76 bits per heavy atom. The Labute approximate surface area is 217 Å². The van der Waals surface area contributed by atoms with Crippen LogP contribution in [0.15, 0.2) is 24.3 Å². The number of nitrogens with one attached hydrogen (secondary N) is 1. The summed E-state index contributed by atoms with van der Waals surface area (Å²) in [7, 11) is 0.0210. The second-order valence-electron chi connectivity index (χ2n) is 10.1. The number of nitrogens with zero attached hydrogens (tertiary/aromatic N) is 3. The minimum atomic E-state index is -3.13. The Balaban J connectivity index is 1.64. The minimum absolute atomic E-state index is 0.0229. The van der Waals surface area contributed by atoms with Crippen LogP contribution in [0.5, 0.6) is 11.5 Å². The lowest BCUT2D eigenvalue weighted by atomic mass is 10.0. The number of benzene rings is 1. The molecule has 3 heterocycles. The topological polar surface area (TPSA) is 112 Å². The number of aryl methyl sites for hydroxylation is 1. The van der Waals surface area contributed by atoms with E-state index in [1.807, 2.05) is 19.1 Å². The van der Waals surface area contributed by atoms with Gasteiger partial charge in [-0.1, -0.05) is 25.7 Å². The molecule has 1 atom stereocenters. The van der Waals surface area contributed by atoms with E-state index in [1.165, 1.54) is 12.8 Å². The first-order valence-corrected chi connectivity index (χ1v) is 14.8. The van der Waals surface area contributed by atoms with Gasteiger partial charge in [-0.3, -0.25) is 4.79 Å². The molecule has 1 aliphatic carbocycles. The van der Waals surface area contributed by atoms with E-state index in [0.29, 0.717) is 45.9 Å². The molecule has 2 aliphatic rings. The summed E-state index contributed by atoms with van der Waals surface area (Å²) in [6, 6.07) is 7.13. The van der Waals surface area contributed by atoms with E-state index in [-0.39, 0.29) is 29.5 Å². The van der Waals surface area contributed by atoms with Gasteiger partial charge in [0.25, 0.3) is 5.91 Å². The number of sulfone groups is 1. The SMILES string of the molecule is COc1ccc(-c2cc(C(=O)NC3CCCCCC3)c3c(C)nn(C4CCS(=O)(=O)C4)c3n2)cc1OC. The van der Waals surface area contributed by atoms with Gasteiger partial charge < -0.3 is 14.8 Å². The van der Waals surface area contributed by atoms with E-state index >= 15 is 0 Å². The molecule has 2 aromatic heterocycles. The summed E-state index contributed by atoms with van der Waals surface area (Å²) < 4.78 is 37.1. The van der Waals surface area contributed by atoms with Crippen LogP contribution in [0, 0.1) is 6.92 Å². The number of carbonyl (C=O) groups is 1. The lowest BCUT2D eigenvalue weighted by Gasteiger charge is -2.17. The van der Waals surface area contributed by atoms with Gasteiger partial charge in [-0.25, -0.2) is 18.1 Å². The first-order chi connectivity index (χ1) is 17.8. The molecule has 1 N–H and O–H groups in total. The van der Waals surface area contributed by atoms with Crippen molar-refractivity contribution in [3.63, 3.8) is 0 Å². The van der Waals surface area contributed by atoms with E-state index in [0.717, 1.165) is 31.2 Å². The van der Waals surface area contributed by atoms with Crippen LogP contribution in [0.3, 0.4) is 0 Å². The number of rotatable bonds is 6. The molecule has 3 aromatic rings. The molecule has 198 valence electrons. The highest BCUT2D eigenvalue weighted by Gasteiger charge is 2.33. The first kappa shape index (κ1) is 25.5. The molecule has 1 amide bonds. The van der Waals surface area contributed by atoms with Crippen molar-refractivity contribution in [2.75, 3.05) is 25.7 Å². The quantitative estimate of drug-likeness (QED) is 0.478. The molecular formula is C27H34N4O5S. The van der Waals surface area contributed by atoms with Crippen LogP contribution < -0.4 is 14.8 Å². The van der Waals surface area contributed by atoms with Crippen molar-refractivity contribution in [3.05, 3.63) is 35.5 Å². The molecule has 5 rings (SSSR count). The summed E-state index contributed by atoms with van der Waals surface area (Å²) in [5, 5.41) is 8.63. The highest BCUT2D eigenvalue weighted by molar-refractivity contribution is 7.91. The van der Waals surface area contributed by atoms with Gasteiger partial charge in [-0.15, -0.1) is 0 Å². The molecule has 9 nitrogen and oxygen atoms in total. The third-order valence-electron chi connectivity index (χ3n) is 7.51. The average Bonchev–Trinajstić information content (AvgIpc) is 3.30. The zero-order valence-corrected chi connectivity index (χ0v) is 22.4. The number of hydrogen-bond acceptors (Lipinski definition) is 7. The van der Waals surface area contributed by atoms with Gasteiger partial charge >= 0.3 is 0 Å². The third-order valence-corrected chi connectivity index (χ3v) is 9.26. The monoisotopic (exact) mass is 526 g/mol. The average molecular weight is 527 g/mol. The number of pyridine rings is 1. The number of ether oxygens (including phenoxy) is 2. The highest BCUT2D eigenvalue weighted by atomic mass is 32.2. The highest BCUT2D eigenvalue weighted by Crippen LogP contribution is 2.35. The Morgan fingerprint density at radius 1 is 1.03 bits per heavy atom. The largest absolute Gasteiger partial charge is 0.493 e. The fourth-order valence-corrected chi connectivity index (χ4v) is 7.24. The number of carbonyl (C=O) groups excluding carboxylic acids is 1. The molecule has 1 saturated carbocycles. The van der Waals surface area contributed by atoms with Crippen LogP contribution in [-0.2, 0) is 9.84 Å². The van der Waals surface area contributed by atoms with Crippen LogP contribution in [0.1, 0.15) is 67.0 Å². The van der Waals surface area contributed by atoms with Crippen LogP contribution in [0.25, 0.3) is 22.3 Å². The van der Waals surface area contributed by atoms with Gasteiger partial charge in [0.05, 0.1) is 54.1 Å². The van der Waals surface area contributed by atoms with E-state index in [4.69, 9.17) is 19.6 Å². The minimum Gasteiger partial charge on any atom is -0.493 e. The van der Waals surface area contributed by atoms with Crippen molar-refractivity contribution in [2.24, 2.45) is 0 Å². The van der Waals surface area contributed by atoms with Crippen molar-refractivity contribution in [3.8, 4) is 22.8 Å². The van der Waals surface area contributed by atoms with Gasteiger partial charge in [0, 0.05) is 11.6 Å². The lowest BCUT2D eigenvalue weighted by molar-refractivity contribution is 0.0935. The van der Waals surface area contributed by atoms with Crippen molar-refractivity contribution in [2.45, 2.75) is 64.0 Å². The van der Waals surface area contributed by atoms with E-state index in [2.05, 4.69) is 5.32 Å². The lowest BCUT2D eigenvalue weighted by Crippen LogP contribution is -2.34. The van der Waals surface area contributed by atoms with Gasteiger partial charge in [0.15, 0.2) is 27.0 Å². The Morgan fingerprint density at radius 3 is 2.41 bits per heavy atom. The van der Waals surface area contributed by atoms with Gasteiger partial charge in [-0.2, -0.15) is 5.10 Å². The molecule has 1 unspecified atom stereocenters. The van der Waals surface area contributed by atoms with E-state index in [9.17, 15) is 13.2 Å². The van der Waals surface area contributed by atoms with Gasteiger partial charge in [0.2, 0.25) is 0 Å². The molecule has 1 saturated heterocycles. The van der Waals surface area contributed by atoms with Crippen molar-refractivity contribution in [1.29, 1.82) is 0 Å². The summed E-state index contributed by atoms with van der Waals surface area (Å²) in [5.41, 5.74) is 3.03.